The zero-order valence-corrected chi connectivity index (χ0v) is 9.58. The third-order valence-electron chi connectivity index (χ3n) is 2.68. The van der Waals surface area contributed by atoms with E-state index in [1.165, 1.54) is 0 Å². The maximum atomic E-state index is 9.61. The summed E-state index contributed by atoms with van der Waals surface area (Å²) in [5, 5.41) is 10.6. The molecule has 0 atom stereocenters. The number of aromatic hydroxyl groups is 1. The van der Waals surface area contributed by atoms with Gasteiger partial charge in [-0.05, 0) is 18.2 Å². The number of benzene rings is 2. The number of aliphatic imine (C=N–C) groups is 1. The number of hydrogen-bond acceptors (Lipinski definition) is 3. The van der Waals surface area contributed by atoms with Crippen molar-refractivity contribution in [2.45, 2.75) is 0 Å². The lowest BCUT2D eigenvalue weighted by Gasteiger charge is -1.95. The summed E-state index contributed by atoms with van der Waals surface area (Å²) in [6.07, 6.45) is 1.59. The Morgan fingerprint density at radius 2 is 1.78 bits per heavy atom. The van der Waals surface area contributed by atoms with Crippen molar-refractivity contribution < 1.29 is 9.52 Å². The van der Waals surface area contributed by atoms with Gasteiger partial charge in [0.05, 0.1) is 0 Å². The standard InChI is InChI=1S/C15H11NO2/c17-13-7-3-1-6-12(13)10-16-15-9-11-5-2-4-8-14(11)18-15/h1-10,17H. The molecule has 0 aliphatic heterocycles. The van der Waals surface area contributed by atoms with E-state index in [2.05, 4.69) is 4.99 Å². The van der Waals surface area contributed by atoms with Gasteiger partial charge < -0.3 is 9.52 Å². The third kappa shape index (κ3) is 1.98. The Morgan fingerprint density at radius 3 is 2.61 bits per heavy atom. The molecule has 0 aliphatic carbocycles. The van der Waals surface area contributed by atoms with Crippen molar-refractivity contribution in [1.29, 1.82) is 0 Å². The first kappa shape index (κ1) is 10.6. The van der Waals surface area contributed by atoms with Crippen molar-refractivity contribution in [3.05, 3.63) is 60.2 Å². The molecule has 3 aromatic rings. The van der Waals surface area contributed by atoms with Crippen molar-refractivity contribution in [3.8, 4) is 5.75 Å². The molecule has 0 spiro atoms. The number of fused-ring (bicyclic) bond motifs is 1. The van der Waals surface area contributed by atoms with Crippen LogP contribution in [0.5, 0.6) is 5.75 Å². The zero-order valence-electron chi connectivity index (χ0n) is 9.58. The summed E-state index contributed by atoms with van der Waals surface area (Å²) in [5.41, 5.74) is 1.47. The van der Waals surface area contributed by atoms with E-state index in [1.807, 2.05) is 36.4 Å². The second kappa shape index (κ2) is 4.37. The van der Waals surface area contributed by atoms with E-state index >= 15 is 0 Å². The topological polar surface area (TPSA) is 45.7 Å². The minimum Gasteiger partial charge on any atom is -0.507 e. The van der Waals surface area contributed by atoms with Crippen molar-refractivity contribution in [2.75, 3.05) is 0 Å². The van der Waals surface area contributed by atoms with Crippen LogP contribution in [-0.4, -0.2) is 11.3 Å². The molecular weight excluding hydrogens is 226 g/mol. The summed E-state index contributed by atoms with van der Waals surface area (Å²) >= 11 is 0. The molecule has 1 aromatic heterocycles. The Kier molecular flexibility index (Phi) is 2.57. The summed E-state index contributed by atoms with van der Waals surface area (Å²) in [5.74, 6) is 0.733. The summed E-state index contributed by atoms with van der Waals surface area (Å²) in [4.78, 5) is 4.22. The Hall–Kier alpha value is -2.55. The molecule has 0 saturated heterocycles. The Balaban J connectivity index is 1.95. The van der Waals surface area contributed by atoms with Gasteiger partial charge in [0, 0.05) is 23.2 Å². The van der Waals surface area contributed by atoms with E-state index < -0.39 is 0 Å². The van der Waals surface area contributed by atoms with Gasteiger partial charge in [-0.1, -0.05) is 30.3 Å². The highest BCUT2D eigenvalue weighted by Crippen LogP contribution is 2.25. The second-order valence-electron chi connectivity index (χ2n) is 3.94. The number of phenols is 1. The Bertz CT molecular complexity index is 680. The molecular formula is C15H11NO2. The van der Waals surface area contributed by atoms with Gasteiger partial charge in [-0.3, -0.25) is 0 Å². The van der Waals surface area contributed by atoms with Crippen LogP contribution in [0, 0.1) is 0 Å². The third-order valence-corrected chi connectivity index (χ3v) is 2.68. The molecule has 0 aliphatic rings. The molecule has 0 bridgehead atoms. The monoisotopic (exact) mass is 237 g/mol. The average Bonchev–Trinajstić information content (AvgIpc) is 2.80. The van der Waals surface area contributed by atoms with Gasteiger partial charge >= 0.3 is 0 Å². The van der Waals surface area contributed by atoms with E-state index in [9.17, 15) is 5.11 Å². The smallest absolute Gasteiger partial charge is 0.219 e. The lowest BCUT2D eigenvalue weighted by atomic mass is 10.2. The molecule has 0 amide bonds. The van der Waals surface area contributed by atoms with Crippen LogP contribution >= 0.6 is 0 Å². The Morgan fingerprint density at radius 1 is 1.00 bits per heavy atom. The van der Waals surface area contributed by atoms with Crippen LogP contribution in [0.25, 0.3) is 11.0 Å². The maximum absolute atomic E-state index is 9.61. The largest absolute Gasteiger partial charge is 0.507 e. The van der Waals surface area contributed by atoms with Gasteiger partial charge in [0.2, 0.25) is 5.88 Å². The Labute approximate surface area is 104 Å². The molecule has 0 unspecified atom stereocenters. The molecule has 0 saturated carbocycles. The zero-order chi connectivity index (χ0) is 12.4. The first-order valence-electron chi connectivity index (χ1n) is 5.63. The van der Waals surface area contributed by atoms with Crippen LogP contribution in [0.3, 0.4) is 0 Å². The number of furan rings is 1. The predicted octanol–water partition coefficient (Wildman–Crippen LogP) is 3.89. The number of nitrogens with zero attached hydrogens (tertiary/aromatic N) is 1. The fourth-order valence-corrected chi connectivity index (χ4v) is 1.76. The average molecular weight is 237 g/mol. The SMILES string of the molecule is Oc1ccccc1C=Nc1cc2ccccc2o1. The minimum absolute atomic E-state index is 0.206. The van der Waals surface area contributed by atoms with Crippen molar-refractivity contribution in [3.63, 3.8) is 0 Å². The number of hydrogen-bond donors (Lipinski definition) is 1. The van der Waals surface area contributed by atoms with Gasteiger partial charge in [0.1, 0.15) is 11.3 Å². The van der Waals surface area contributed by atoms with Crippen LogP contribution in [0.15, 0.2) is 64.0 Å². The molecule has 3 nitrogen and oxygen atoms in total. The summed E-state index contributed by atoms with van der Waals surface area (Å²) in [6, 6.07) is 16.6. The lowest BCUT2D eigenvalue weighted by Crippen LogP contribution is -1.79. The highest BCUT2D eigenvalue weighted by atomic mass is 16.3. The van der Waals surface area contributed by atoms with Crippen LogP contribution < -0.4 is 0 Å². The summed E-state index contributed by atoms with van der Waals surface area (Å²) < 4.78 is 5.55. The summed E-state index contributed by atoms with van der Waals surface area (Å²) in [7, 11) is 0. The van der Waals surface area contributed by atoms with Crippen LogP contribution in [0.1, 0.15) is 5.56 Å². The molecule has 88 valence electrons. The molecule has 1 heterocycles. The van der Waals surface area contributed by atoms with Gasteiger partial charge in [0.15, 0.2) is 0 Å². The van der Waals surface area contributed by atoms with Crippen molar-refractivity contribution in [1.82, 2.24) is 0 Å². The first-order chi connectivity index (χ1) is 8.83. The van der Waals surface area contributed by atoms with Crippen molar-refractivity contribution in [2.24, 2.45) is 4.99 Å². The molecule has 1 N–H and O–H groups in total. The van der Waals surface area contributed by atoms with Crippen LogP contribution in [0.4, 0.5) is 5.88 Å². The van der Waals surface area contributed by atoms with E-state index in [-0.39, 0.29) is 5.75 Å². The van der Waals surface area contributed by atoms with E-state index in [1.54, 1.807) is 24.4 Å². The van der Waals surface area contributed by atoms with E-state index in [4.69, 9.17) is 4.42 Å². The number of para-hydroxylation sites is 2. The van der Waals surface area contributed by atoms with Crippen LogP contribution in [-0.2, 0) is 0 Å². The number of rotatable bonds is 2. The van der Waals surface area contributed by atoms with Crippen molar-refractivity contribution >= 4 is 23.1 Å². The highest BCUT2D eigenvalue weighted by Gasteiger charge is 2.01. The van der Waals surface area contributed by atoms with Gasteiger partial charge in [-0.25, -0.2) is 4.99 Å². The van der Waals surface area contributed by atoms with Gasteiger partial charge in [-0.2, -0.15) is 0 Å². The number of phenolic OH excluding ortho intramolecular Hbond substituents is 1. The normalized spacial score (nSPS) is 11.3. The second-order valence-corrected chi connectivity index (χ2v) is 3.94. The fourth-order valence-electron chi connectivity index (χ4n) is 1.76. The molecule has 3 rings (SSSR count). The molecule has 0 radical (unpaired) electrons. The van der Waals surface area contributed by atoms with E-state index in [0.29, 0.717) is 11.4 Å². The van der Waals surface area contributed by atoms with E-state index in [0.717, 1.165) is 11.0 Å². The maximum Gasteiger partial charge on any atom is 0.219 e. The quantitative estimate of drug-likeness (QED) is 0.687. The minimum atomic E-state index is 0.206. The molecule has 18 heavy (non-hydrogen) atoms. The van der Waals surface area contributed by atoms with Gasteiger partial charge in [-0.15, -0.1) is 0 Å². The predicted molar refractivity (Wildman–Crippen MR) is 71.6 cm³/mol. The fraction of sp³-hybridized carbons (Fsp3) is 0. The summed E-state index contributed by atoms with van der Waals surface area (Å²) in [6.45, 7) is 0. The van der Waals surface area contributed by atoms with Gasteiger partial charge in [0.25, 0.3) is 0 Å². The molecule has 0 fully saturated rings. The molecule has 3 heteroatoms. The lowest BCUT2D eigenvalue weighted by molar-refractivity contribution is 0.474. The highest BCUT2D eigenvalue weighted by molar-refractivity contribution is 5.86. The molecule has 2 aromatic carbocycles. The first-order valence-corrected chi connectivity index (χ1v) is 5.63. The van der Waals surface area contributed by atoms with Crippen LogP contribution in [0.2, 0.25) is 0 Å².